The van der Waals surface area contributed by atoms with E-state index in [1.54, 1.807) is 48.5 Å². The molecule has 5 rings (SSSR count). The summed E-state index contributed by atoms with van der Waals surface area (Å²) in [5.41, 5.74) is 17.6. The number of carbonyl (C=O) groups excluding carboxylic acids is 2. The van der Waals surface area contributed by atoms with Crippen LogP contribution in [-0.2, 0) is 17.8 Å². The summed E-state index contributed by atoms with van der Waals surface area (Å²) < 4.78 is 0. The summed E-state index contributed by atoms with van der Waals surface area (Å²) in [4.78, 5) is 27.0. The molecule has 0 saturated heterocycles. The Labute approximate surface area is 297 Å². The molecule has 0 saturated carbocycles. The predicted octanol–water partition coefficient (Wildman–Crippen LogP) is 6.82. The van der Waals surface area contributed by atoms with Gasteiger partial charge in [-0.1, -0.05) is 96.5 Å². The molecule has 5 aromatic carbocycles. The van der Waals surface area contributed by atoms with Gasteiger partial charge in [0.1, 0.15) is 11.6 Å². The fourth-order valence-electron chi connectivity index (χ4n) is 5.85. The number of hydrogen-bond acceptors (Lipinski definition) is 6. The van der Waals surface area contributed by atoms with E-state index in [2.05, 4.69) is 16.0 Å². The maximum absolute atomic E-state index is 13.7. The van der Waals surface area contributed by atoms with Crippen LogP contribution < -0.4 is 27.4 Å². The van der Waals surface area contributed by atoms with E-state index in [0.29, 0.717) is 40.2 Å². The number of carbonyl (C=O) groups is 2. The first-order valence-electron chi connectivity index (χ1n) is 16.3. The highest BCUT2D eigenvalue weighted by Crippen LogP contribution is 2.43. The van der Waals surface area contributed by atoms with Crippen LogP contribution in [0.1, 0.15) is 57.9 Å². The van der Waals surface area contributed by atoms with Crippen molar-refractivity contribution in [2.75, 3.05) is 17.6 Å². The Morgan fingerprint density at radius 3 is 2.04 bits per heavy atom. The van der Waals surface area contributed by atoms with E-state index in [4.69, 9.17) is 28.5 Å². The second-order valence-corrected chi connectivity index (χ2v) is 12.8. The van der Waals surface area contributed by atoms with E-state index >= 15 is 0 Å². The number of anilines is 2. The quantitative estimate of drug-likeness (QED) is 0.0310. The molecule has 0 heterocycles. The van der Waals surface area contributed by atoms with Crippen molar-refractivity contribution in [3.05, 3.63) is 148 Å². The summed E-state index contributed by atoms with van der Waals surface area (Å²) in [5, 5.41) is 28.5. The number of aromatic hydroxyl groups is 1. The lowest BCUT2D eigenvalue weighted by atomic mass is 9.91. The first-order valence-corrected chi connectivity index (χ1v) is 16.7. The number of nitrogens with one attached hydrogen (secondary N) is 4. The highest BCUT2D eigenvalue weighted by atomic mass is 35.5. The monoisotopic (exact) mass is 688 g/mol. The molecule has 50 heavy (non-hydrogen) atoms. The molecule has 10 heteroatoms. The van der Waals surface area contributed by atoms with Crippen molar-refractivity contribution in [3.8, 4) is 16.9 Å². The summed E-state index contributed by atoms with van der Waals surface area (Å²) in [6, 6.07) is 33.5. The molecule has 0 aromatic heterocycles. The van der Waals surface area contributed by atoms with Gasteiger partial charge in [-0.05, 0) is 60.4 Å². The molecule has 2 amide bonds. The Kier molecular flexibility index (Phi) is 11.4. The van der Waals surface area contributed by atoms with Gasteiger partial charge in [0.15, 0.2) is 0 Å². The number of nitrogen functional groups attached to an aromatic ring is 2. The number of halogens is 1. The van der Waals surface area contributed by atoms with Crippen LogP contribution in [0, 0.1) is 5.41 Å². The van der Waals surface area contributed by atoms with Crippen LogP contribution in [-0.4, -0.2) is 35.3 Å². The molecular formula is C40H41ClN6O3. The molecule has 0 atom stereocenters. The number of amidine groups is 1. The van der Waals surface area contributed by atoms with E-state index < -0.39 is 0 Å². The predicted molar refractivity (Wildman–Crippen MR) is 202 cm³/mol. The van der Waals surface area contributed by atoms with Crippen molar-refractivity contribution in [1.82, 2.24) is 10.6 Å². The summed E-state index contributed by atoms with van der Waals surface area (Å²) in [6.07, 6.45) is -0.202. The normalized spacial score (nSPS) is 11.0. The van der Waals surface area contributed by atoms with Gasteiger partial charge in [-0.3, -0.25) is 15.0 Å². The number of benzene rings is 5. The number of phenols is 1. The molecular weight excluding hydrogens is 648 g/mol. The van der Waals surface area contributed by atoms with Crippen molar-refractivity contribution in [1.29, 1.82) is 5.41 Å². The molecule has 0 unspecified atom stereocenters. The number of phenolic OH excluding ortho intramolecular Hbond substituents is 1. The standard InChI is InChI=1S/C40H41ClN6O3/c1-24(2)47-35-21-34(41)37(32(38(35)49)20-36(48)45-22-25-13-15-28(16-14-25)39(43)44)29-17-30(19-31(42)18-29)40(50)46-23-33(26-9-5-3-6-10-26)27-11-7-4-8-12-27/h3-19,21,24,33,47,49H,20,22-23,42H2,1-2H3,(H3,43,44)(H,45,48)(H,46,50). The zero-order valence-corrected chi connectivity index (χ0v) is 28.7. The molecule has 0 bridgehead atoms. The van der Waals surface area contributed by atoms with Gasteiger partial charge in [0, 0.05) is 53.0 Å². The summed E-state index contributed by atoms with van der Waals surface area (Å²) in [6.45, 7) is 4.42. The molecule has 0 aliphatic rings. The van der Waals surface area contributed by atoms with Crippen LogP contribution in [0.2, 0.25) is 5.02 Å². The zero-order valence-electron chi connectivity index (χ0n) is 28.0. The number of amides is 2. The molecule has 0 spiro atoms. The van der Waals surface area contributed by atoms with Gasteiger partial charge in [0.25, 0.3) is 5.91 Å². The van der Waals surface area contributed by atoms with E-state index in [0.717, 1.165) is 16.7 Å². The first-order chi connectivity index (χ1) is 24.0. The third-order valence-electron chi connectivity index (χ3n) is 8.27. The second kappa shape index (κ2) is 16.1. The Balaban J connectivity index is 1.43. The van der Waals surface area contributed by atoms with Crippen molar-refractivity contribution in [2.45, 2.75) is 38.8 Å². The topological polar surface area (TPSA) is 166 Å². The minimum Gasteiger partial charge on any atom is -0.505 e. The Morgan fingerprint density at radius 2 is 1.46 bits per heavy atom. The van der Waals surface area contributed by atoms with Crippen LogP contribution in [0.25, 0.3) is 11.1 Å². The van der Waals surface area contributed by atoms with Crippen LogP contribution in [0.3, 0.4) is 0 Å². The first kappa shape index (κ1) is 35.5. The maximum Gasteiger partial charge on any atom is 0.251 e. The zero-order chi connectivity index (χ0) is 35.8. The number of hydrogen-bond donors (Lipinski definition) is 7. The smallest absolute Gasteiger partial charge is 0.251 e. The van der Waals surface area contributed by atoms with Crippen molar-refractivity contribution in [2.24, 2.45) is 5.73 Å². The van der Waals surface area contributed by atoms with E-state index in [1.807, 2.05) is 74.5 Å². The molecule has 9 N–H and O–H groups in total. The van der Waals surface area contributed by atoms with E-state index in [9.17, 15) is 14.7 Å². The molecule has 9 nitrogen and oxygen atoms in total. The SMILES string of the molecule is CC(C)Nc1cc(Cl)c(-c2cc(N)cc(C(=O)NCC(c3ccccc3)c3ccccc3)c2)c(CC(=O)NCc2ccc(C(=N)N)cc2)c1O. The number of rotatable bonds is 13. The van der Waals surface area contributed by atoms with Crippen LogP contribution in [0.5, 0.6) is 5.75 Å². The summed E-state index contributed by atoms with van der Waals surface area (Å²) >= 11 is 6.89. The second-order valence-electron chi connectivity index (χ2n) is 12.4. The third-order valence-corrected chi connectivity index (χ3v) is 8.56. The largest absolute Gasteiger partial charge is 0.505 e. The molecule has 0 fully saturated rings. The molecule has 5 aromatic rings. The van der Waals surface area contributed by atoms with Gasteiger partial charge < -0.3 is 32.5 Å². The Hall–Kier alpha value is -5.80. The van der Waals surface area contributed by atoms with Crippen molar-refractivity contribution < 1.29 is 14.7 Å². The molecule has 0 aliphatic heterocycles. The molecule has 0 radical (unpaired) electrons. The van der Waals surface area contributed by atoms with Gasteiger partial charge in [0.05, 0.1) is 17.1 Å². The average molecular weight is 689 g/mol. The fraction of sp³-hybridized carbons (Fsp3) is 0.175. The lowest BCUT2D eigenvalue weighted by molar-refractivity contribution is -0.120. The average Bonchev–Trinajstić information content (AvgIpc) is 3.10. The third kappa shape index (κ3) is 8.80. The Bertz CT molecular complexity index is 1940. The maximum atomic E-state index is 13.7. The lowest BCUT2D eigenvalue weighted by Crippen LogP contribution is -2.29. The fourth-order valence-corrected chi connectivity index (χ4v) is 6.18. The summed E-state index contributed by atoms with van der Waals surface area (Å²) in [5.74, 6) is -0.928. The van der Waals surface area contributed by atoms with Gasteiger partial charge in [-0.15, -0.1) is 0 Å². The Morgan fingerprint density at radius 1 is 0.840 bits per heavy atom. The van der Waals surface area contributed by atoms with Crippen LogP contribution >= 0.6 is 11.6 Å². The van der Waals surface area contributed by atoms with E-state index in [1.165, 1.54) is 0 Å². The molecule has 0 aliphatic carbocycles. The van der Waals surface area contributed by atoms with Crippen molar-refractivity contribution >= 4 is 40.6 Å². The van der Waals surface area contributed by atoms with Gasteiger partial charge in [-0.2, -0.15) is 0 Å². The van der Waals surface area contributed by atoms with Gasteiger partial charge in [-0.25, -0.2) is 0 Å². The van der Waals surface area contributed by atoms with Gasteiger partial charge in [0.2, 0.25) is 5.91 Å². The highest BCUT2D eigenvalue weighted by molar-refractivity contribution is 6.34. The highest BCUT2D eigenvalue weighted by Gasteiger charge is 2.23. The van der Waals surface area contributed by atoms with Crippen molar-refractivity contribution in [3.63, 3.8) is 0 Å². The minimum absolute atomic E-state index is 0.0271. The van der Waals surface area contributed by atoms with Crippen LogP contribution in [0.4, 0.5) is 11.4 Å². The minimum atomic E-state index is -0.357. The number of nitrogens with two attached hydrogens (primary N) is 2. The van der Waals surface area contributed by atoms with Crippen LogP contribution in [0.15, 0.2) is 109 Å². The van der Waals surface area contributed by atoms with Gasteiger partial charge >= 0.3 is 0 Å². The molecule has 256 valence electrons. The van der Waals surface area contributed by atoms with E-state index in [-0.39, 0.29) is 58.9 Å². The lowest BCUT2D eigenvalue weighted by Gasteiger charge is -2.21. The summed E-state index contributed by atoms with van der Waals surface area (Å²) in [7, 11) is 0.